The molecule has 4 rings (SSSR count). The van der Waals surface area contributed by atoms with Crippen LogP contribution in [0.5, 0.6) is 5.75 Å². The Balaban J connectivity index is 1.46. The molecule has 2 aromatic rings. The molecule has 26 heavy (non-hydrogen) atoms. The van der Waals surface area contributed by atoms with Crippen LogP contribution in [-0.4, -0.2) is 62.1 Å². The summed E-state index contributed by atoms with van der Waals surface area (Å²) in [6, 6.07) is 7.21. The van der Waals surface area contributed by atoms with E-state index in [1.54, 1.807) is 24.0 Å². The first kappa shape index (κ1) is 16.5. The molecular formula is C17H20N6O3. The third kappa shape index (κ3) is 3.12. The minimum atomic E-state index is -0.648. The summed E-state index contributed by atoms with van der Waals surface area (Å²) in [7, 11) is 0. The van der Waals surface area contributed by atoms with Gasteiger partial charge in [-0.15, -0.1) is 10.2 Å². The fourth-order valence-corrected chi connectivity index (χ4v) is 3.69. The lowest BCUT2D eigenvalue weighted by Gasteiger charge is -2.38. The Morgan fingerprint density at radius 2 is 2.31 bits per heavy atom. The van der Waals surface area contributed by atoms with Gasteiger partial charge in [0.05, 0.1) is 6.04 Å². The molecule has 2 N–H and O–H groups in total. The van der Waals surface area contributed by atoms with E-state index in [1.165, 1.54) is 0 Å². The van der Waals surface area contributed by atoms with E-state index in [0.717, 1.165) is 18.4 Å². The van der Waals surface area contributed by atoms with Crippen molar-refractivity contribution in [2.75, 3.05) is 6.54 Å². The van der Waals surface area contributed by atoms with Gasteiger partial charge < -0.3 is 15.0 Å². The fourth-order valence-electron chi connectivity index (χ4n) is 3.69. The van der Waals surface area contributed by atoms with Gasteiger partial charge >= 0.3 is 0 Å². The zero-order chi connectivity index (χ0) is 18.1. The molecule has 3 heterocycles. The van der Waals surface area contributed by atoms with Gasteiger partial charge in [0.2, 0.25) is 11.7 Å². The van der Waals surface area contributed by atoms with Crippen LogP contribution in [0, 0.1) is 0 Å². The molecule has 9 heteroatoms. The van der Waals surface area contributed by atoms with E-state index >= 15 is 0 Å². The third-order valence-electron chi connectivity index (χ3n) is 4.90. The van der Waals surface area contributed by atoms with E-state index in [4.69, 9.17) is 4.74 Å². The molecule has 2 amide bonds. The molecule has 3 atom stereocenters. The first-order valence-electron chi connectivity index (χ1n) is 8.72. The van der Waals surface area contributed by atoms with Gasteiger partial charge in [-0.1, -0.05) is 12.1 Å². The summed E-state index contributed by atoms with van der Waals surface area (Å²) >= 11 is 0. The van der Waals surface area contributed by atoms with Crippen molar-refractivity contribution < 1.29 is 14.3 Å². The Labute approximate surface area is 150 Å². The topological polar surface area (TPSA) is 113 Å². The standard InChI is InChI=1S/C17H20N6O3/c1-10(17(25)23-7-3-6-13-14(23)9-15(24)18-13)26-12-5-2-4-11(8-12)16-19-21-22-20-16/h2,4-5,8,10,13-14H,3,6-7,9H2,1H3,(H,18,24)(H,19,20,21,22)/t10?,13-,14-/m0/s1. The molecule has 1 aromatic carbocycles. The van der Waals surface area contributed by atoms with E-state index in [0.29, 0.717) is 24.5 Å². The number of aromatic nitrogens is 4. The van der Waals surface area contributed by atoms with Crippen molar-refractivity contribution in [2.24, 2.45) is 0 Å². The van der Waals surface area contributed by atoms with Crippen LogP contribution in [-0.2, 0) is 9.59 Å². The number of ether oxygens (including phenoxy) is 1. The summed E-state index contributed by atoms with van der Waals surface area (Å²) in [4.78, 5) is 26.4. The molecule has 9 nitrogen and oxygen atoms in total. The highest BCUT2D eigenvalue weighted by Crippen LogP contribution is 2.27. The summed E-state index contributed by atoms with van der Waals surface area (Å²) in [6.07, 6.45) is 1.52. The average molecular weight is 356 g/mol. The maximum atomic E-state index is 12.9. The number of carbonyl (C=O) groups excluding carboxylic acids is 2. The highest BCUT2D eigenvalue weighted by Gasteiger charge is 2.42. The molecule has 0 spiro atoms. The molecule has 1 aromatic heterocycles. The number of amides is 2. The number of nitrogens with one attached hydrogen (secondary N) is 2. The van der Waals surface area contributed by atoms with Crippen LogP contribution < -0.4 is 10.1 Å². The largest absolute Gasteiger partial charge is 0.481 e. The van der Waals surface area contributed by atoms with Crippen LogP contribution >= 0.6 is 0 Å². The van der Waals surface area contributed by atoms with Crippen LogP contribution in [0.25, 0.3) is 11.4 Å². The minimum absolute atomic E-state index is 0.0149. The van der Waals surface area contributed by atoms with E-state index in [2.05, 4.69) is 25.9 Å². The van der Waals surface area contributed by atoms with Crippen molar-refractivity contribution in [3.63, 3.8) is 0 Å². The number of nitrogens with zero attached hydrogens (tertiary/aromatic N) is 4. The number of aromatic amines is 1. The molecule has 0 bridgehead atoms. The second-order valence-corrected chi connectivity index (χ2v) is 6.64. The Hall–Kier alpha value is -2.97. The molecule has 0 saturated carbocycles. The van der Waals surface area contributed by atoms with E-state index < -0.39 is 6.10 Å². The van der Waals surface area contributed by atoms with Crippen LogP contribution in [0.3, 0.4) is 0 Å². The number of rotatable bonds is 4. The van der Waals surface area contributed by atoms with Gasteiger partial charge in [0, 0.05) is 24.6 Å². The molecule has 1 unspecified atom stereocenters. The molecule has 2 saturated heterocycles. The smallest absolute Gasteiger partial charge is 0.263 e. The summed E-state index contributed by atoms with van der Waals surface area (Å²) in [5.74, 6) is 0.938. The number of carbonyl (C=O) groups is 2. The molecule has 136 valence electrons. The lowest BCUT2D eigenvalue weighted by atomic mass is 9.97. The van der Waals surface area contributed by atoms with Gasteiger partial charge in [-0.05, 0) is 37.1 Å². The first-order chi connectivity index (χ1) is 12.6. The Kier molecular flexibility index (Phi) is 4.27. The maximum absolute atomic E-state index is 12.9. The predicted molar refractivity (Wildman–Crippen MR) is 91.0 cm³/mol. The number of tetrazole rings is 1. The predicted octanol–water partition coefficient (Wildman–Crippen LogP) is 0.513. The lowest BCUT2D eigenvalue weighted by molar-refractivity contribution is -0.141. The van der Waals surface area contributed by atoms with Crippen molar-refractivity contribution in [3.05, 3.63) is 24.3 Å². The summed E-state index contributed by atoms with van der Waals surface area (Å²) in [5, 5.41) is 16.8. The van der Waals surface area contributed by atoms with Gasteiger partial charge in [-0.2, -0.15) is 5.21 Å². The number of hydrogen-bond donors (Lipinski definition) is 2. The fraction of sp³-hybridized carbons (Fsp3) is 0.471. The first-order valence-corrected chi connectivity index (χ1v) is 8.72. The molecule has 0 aliphatic carbocycles. The van der Waals surface area contributed by atoms with E-state index in [9.17, 15) is 9.59 Å². The van der Waals surface area contributed by atoms with Gasteiger partial charge in [0.25, 0.3) is 5.91 Å². The maximum Gasteiger partial charge on any atom is 0.263 e. The monoisotopic (exact) mass is 356 g/mol. The Morgan fingerprint density at radius 1 is 1.42 bits per heavy atom. The molecule has 2 aliphatic rings. The van der Waals surface area contributed by atoms with Gasteiger partial charge in [0.15, 0.2) is 6.10 Å². The normalized spacial score (nSPS) is 23.3. The number of hydrogen-bond acceptors (Lipinski definition) is 6. The highest BCUT2D eigenvalue weighted by molar-refractivity contribution is 5.85. The second kappa shape index (κ2) is 6.74. The van der Waals surface area contributed by atoms with Crippen molar-refractivity contribution in [3.8, 4) is 17.1 Å². The Bertz CT molecular complexity index is 809. The molecule has 2 fully saturated rings. The SMILES string of the molecule is CC(Oc1cccc(-c2nn[nH]n2)c1)C(=O)N1CCC[C@@H]2NC(=O)C[C@@H]21. The summed E-state index contributed by atoms with van der Waals surface area (Å²) < 4.78 is 5.86. The minimum Gasteiger partial charge on any atom is -0.481 e. The van der Waals surface area contributed by atoms with Crippen molar-refractivity contribution in [1.82, 2.24) is 30.8 Å². The summed E-state index contributed by atoms with van der Waals surface area (Å²) in [6.45, 7) is 2.39. The van der Waals surface area contributed by atoms with Gasteiger partial charge in [0.1, 0.15) is 5.75 Å². The van der Waals surface area contributed by atoms with Crippen molar-refractivity contribution >= 4 is 11.8 Å². The number of likely N-dealkylation sites (tertiary alicyclic amines) is 1. The van der Waals surface area contributed by atoms with Crippen LogP contribution in [0.1, 0.15) is 26.2 Å². The average Bonchev–Trinajstić information content (AvgIpc) is 3.29. The van der Waals surface area contributed by atoms with Crippen molar-refractivity contribution in [1.29, 1.82) is 0 Å². The quantitative estimate of drug-likeness (QED) is 0.825. The number of fused-ring (bicyclic) bond motifs is 1. The van der Waals surface area contributed by atoms with E-state index in [1.807, 2.05) is 12.1 Å². The van der Waals surface area contributed by atoms with Crippen molar-refractivity contribution in [2.45, 2.75) is 44.4 Å². The highest BCUT2D eigenvalue weighted by atomic mass is 16.5. The zero-order valence-electron chi connectivity index (χ0n) is 14.4. The molecular weight excluding hydrogens is 336 g/mol. The third-order valence-corrected chi connectivity index (χ3v) is 4.90. The number of piperidine rings is 1. The lowest BCUT2D eigenvalue weighted by Crippen LogP contribution is -2.54. The number of H-pyrrole nitrogens is 1. The zero-order valence-corrected chi connectivity index (χ0v) is 14.4. The second-order valence-electron chi connectivity index (χ2n) is 6.64. The van der Waals surface area contributed by atoms with Crippen LogP contribution in [0.2, 0.25) is 0 Å². The summed E-state index contributed by atoms with van der Waals surface area (Å²) in [5.41, 5.74) is 0.750. The molecule has 0 radical (unpaired) electrons. The van der Waals surface area contributed by atoms with Gasteiger partial charge in [-0.3, -0.25) is 9.59 Å². The Morgan fingerprint density at radius 3 is 3.12 bits per heavy atom. The van der Waals surface area contributed by atoms with E-state index in [-0.39, 0.29) is 23.9 Å². The van der Waals surface area contributed by atoms with Gasteiger partial charge in [-0.25, -0.2) is 0 Å². The van der Waals surface area contributed by atoms with Crippen LogP contribution in [0.15, 0.2) is 24.3 Å². The number of benzene rings is 1. The van der Waals surface area contributed by atoms with Crippen LogP contribution in [0.4, 0.5) is 0 Å². The molecule has 2 aliphatic heterocycles.